The van der Waals surface area contributed by atoms with Gasteiger partial charge in [-0.05, 0) is 12.8 Å². The average Bonchev–Trinajstić information content (AvgIpc) is 2.98. The van der Waals surface area contributed by atoms with Crippen molar-refractivity contribution in [2.24, 2.45) is 0 Å². The highest BCUT2D eigenvalue weighted by molar-refractivity contribution is 7.88. The van der Waals surface area contributed by atoms with Crippen LogP contribution < -0.4 is 5.32 Å². The molecule has 0 aliphatic carbocycles. The number of imidazole rings is 1. The van der Waals surface area contributed by atoms with E-state index in [-0.39, 0.29) is 5.91 Å². The minimum atomic E-state index is -3.31. The van der Waals surface area contributed by atoms with Gasteiger partial charge in [-0.25, -0.2) is 13.4 Å². The highest BCUT2D eigenvalue weighted by Gasteiger charge is 2.36. The number of aromatic nitrogens is 2. The van der Waals surface area contributed by atoms with E-state index in [0.29, 0.717) is 26.1 Å². The van der Waals surface area contributed by atoms with E-state index in [9.17, 15) is 13.2 Å². The first kappa shape index (κ1) is 14.0. The van der Waals surface area contributed by atoms with E-state index in [1.54, 1.807) is 12.5 Å². The molecule has 1 fully saturated rings. The van der Waals surface area contributed by atoms with Crippen LogP contribution in [0.1, 0.15) is 12.8 Å². The number of rotatable bonds is 5. The third kappa shape index (κ3) is 3.54. The molecule has 1 amide bonds. The summed E-state index contributed by atoms with van der Waals surface area (Å²) >= 11 is 0. The van der Waals surface area contributed by atoms with E-state index < -0.39 is 16.1 Å². The molecule has 2 heterocycles. The zero-order valence-electron chi connectivity index (χ0n) is 10.8. The summed E-state index contributed by atoms with van der Waals surface area (Å²) in [5.74, 6) is -0.219. The van der Waals surface area contributed by atoms with E-state index in [4.69, 9.17) is 0 Å². The first-order valence-corrected chi connectivity index (χ1v) is 8.03. The van der Waals surface area contributed by atoms with Crippen LogP contribution in [0.25, 0.3) is 0 Å². The molecule has 1 aromatic rings. The normalized spacial score (nSPS) is 20.6. The molecular formula is C11H18N4O3S. The van der Waals surface area contributed by atoms with Crippen molar-refractivity contribution >= 4 is 15.9 Å². The number of hydrogen-bond donors (Lipinski definition) is 1. The zero-order valence-corrected chi connectivity index (χ0v) is 11.6. The number of amides is 1. The Morgan fingerprint density at radius 1 is 1.53 bits per heavy atom. The van der Waals surface area contributed by atoms with Crippen LogP contribution in [0, 0.1) is 0 Å². The van der Waals surface area contributed by atoms with E-state index in [1.165, 1.54) is 4.31 Å². The molecule has 1 atom stereocenters. The maximum atomic E-state index is 12.0. The second-order valence-corrected chi connectivity index (χ2v) is 6.56. The zero-order chi connectivity index (χ0) is 13.9. The van der Waals surface area contributed by atoms with E-state index in [1.807, 2.05) is 10.8 Å². The molecule has 2 rings (SSSR count). The van der Waals surface area contributed by atoms with Crippen molar-refractivity contribution in [3.8, 4) is 0 Å². The Kier molecular flexibility index (Phi) is 4.20. The van der Waals surface area contributed by atoms with Gasteiger partial charge in [0, 0.05) is 32.0 Å². The lowest BCUT2D eigenvalue weighted by atomic mass is 10.2. The molecule has 0 unspecified atom stereocenters. The molecule has 1 saturated heterocycles. The Hall–Kier alpha value is -1.41. The standard InChI is InChI=1S/C11H18N4O3S/c1-19(17,18)15-6-2-3-10(15)11(16)13-5-8-14-7-4-12-9-14/h4,7,9-10H,2-3,5-6,8H2,1H3,(H,13,16)/t10-/m0/s1. The lowest BCUT2D eigenvalue weighted by Crippen LogP contribution is -2.46. The highest BCUT2D eigenvalue weighted by Crippen LogP contribution is 2.20. The predicted molar refractivity (Wildman–Crippen MR) is 69.8 cm³/mol. The lowest BCUT2D eigenvalue weighted by Gasteiger charge is -2.21. The summed E-state index contributed by atoms with van der Waals surface area (Å²) in [6.07, 6.45) is 7.61. The maximum absolute atomic E-state index is 12.0. The second-order valence-electron chi connectivity index (χ2n) is 4.62. The van der Waals surface area contributed by atoms with Gasteiger partial charge < -0.3 is 9.88 Å². The SMILES string of the molecule is CS(=O)(=O)N1CCC[C@H]1C(=O)NCCn1ccnc1. The molecule has 1 aliphatic heterocycles. The maximum Gasteiger partial charge on any atom is 0.238 e. The summed E-state index contributed by atoms with van der Waals surface area (Å²) in [6.45, 7) is 1.51. The topological polar surface area (TPSA) is 84.3 Å². The highest BCUT2D eigenvalue weighted by atomic mass is 32.2. The van der Waals surface area contributed by atoms with Crippen LogP contribution in [-0.2, 0) is 21.4 Å². The number of hydrogen-bond acceptors (Lipinski definition) is 4. The molecule has 0 spiro atoms. The van der Waals surface area contributed by atoms with Gasteiger partial charge >= 0.3 is 0 Å². The summed E-state index contributed by atoms with van der Waals surface area (Å²) in [5.41, 5.74) is 0. The number of sulfonamides is 1. The smallest absolute Gasteiger partial charge is 0.238 e. The molecular weight excluding hydrogens is 268 g/mol. The Morgan fingerprint density at radius 2 is 2.32 bits per heavy atom. The van der Waals surface area contributed by atoms with E-state index in [0.717, 1.165) is 12.7 Å². The molecule has 8 heteroatoms. The number of carbonyl (C=O) groups is 1. The largest absolute Gasteiger partial charge is 0.353 e. The van der Waals surface area contributed by atoms with Crippen LogP contribution in [0.3, 0.4) is 0 Å². The van der Waals surface area contributed by atoms with Crippen LogP contribution >= 0.6 is 0 Å². The summed E-state index contributed by atoms with van der Waals surface area (Å²) in [6, 6.07) is -0.558. The fraction of sp³-hybridized carbons (Fsp3) is 0.636. The van der Waals surface area contributed by atoms with Crippen molar-refractivity contribution in [3.05, 3.63) is 18.7 Å². The van der Waals surface area contributed by atoms with Gasteiger partial charge in [0.2, 0.25) is 15.9 Å². The van der Waals surface area contributed by atoms with Gasteiger partial charge in [-0.2, -0.15) is 4.31 Å². The van der Waals surface area contributed by atoms with Crippen molar-refractivity contribution in [2.75, 3.05) is 19.3 Å². The quantitative estimate of drug-likeness (QED) is 0.785. The molecule has 0 radical (unpaired) electrons. The summed E-state index contributed by atoms with van der Waals surface area (Å²) < 4.78 is 26.2. The molecule has 1 aromatic heterocycles. The van der Waals surface area contributed by atoms with Crippen LogP contribution in [-0.4, -0.2) is 53.6 Å². The predicted octanol–water partition coefficient (Wildman–Crippen LogP) is -0.577. The Morgan fingerprint density at radius 3 is 2.95 bits per heavy atom. The lowest BCUT2D eigenvalue weighted by molar-refractivity contribution is -0.124. The van der Waals surface area contributed by atoms with Crippen molar-refractivity contribution in [2.45, 2.75) is 25.4 Å². The minimum Gasteiger partial charge on any atom is -0.353 e. The van der Waals surface area contributed by atoms with Gasteiger partial charge in [0.25, 0.3) is 0 Å². The van der Waals surface area contributed by atoms with Gasteiger partial charge in [0.1, 0.15) is 6.04 Å². The molecule has 1 N–H and O–H groups in total. The van der Waals surface area contributed by atoms with Crippen molar-refractivity contribution in [1.82, 2.24) is 19.2 Å². The number of carbonyl (C=O) groups excluding carboxylic acids is 1. The Balaban J connectivity index is 1.85. The van der Waals surface area contributed by atoms with Gasteiger partial charge in [0.15, 0.2) is 0 Å². The molecule has 0 bridgehead atoms. The molecule has 106 valence electrons. The monoisotopic (exact) mass is 286 g/mol. The molecule has 19 heavy (non-hydrogen) atoms. The third-order valence-corrected chi connectivity index (χ3v) is 4.45. The van der Waals surface area contributed by atoms with Crippen molar-refractivity contribution in [3.63, 3.8) is 0 Å². The van der Waals surface area contributed by atoms with E-state index in [2.05, 4.69) is 10.3 Å². The van der Waals surface area contributed by atoms with Crippen LogP contribution in [0.4, 0.5) is 0 Å². The van der Waals surface area contributed by atoms with E-state index >= 15 is 0 Å². The van der Waals surface area contributed by atoms with Gasteiger partial charge in [-0.3, -0.25) is 4.79 Å². The molecule has 7 nitrogen and oxygen atoms in total. The van der Waals surface area contributed by atoms with Gasteiger partial charge in [-0.15, -0.1) is 0 Å². The van der Waals surface area contributed by atoms with Crippen LogP contribution in [0.2, 0.25) is 0 Å². The van der Waals surface area contributed by atoms with Crippen molar-refractivity contribution < 1.29 is 13.2 Å². The Labute approximate surface area is 112 Å². The third-order valence-electron chi connectivity index (χ3n) is 3.16. The molecule has 0 saturated carbocycles. The van der Waals surface area contributed by atoms with Gasteiger partial charge in [-0.1, -0.05) is 0 Å². The first-order chi connectivity index (χ1) is 8.98. The minimum absolute atomic E-state index is 0.219. The summed E-state index contributed by atoms with van der Waals surface area (Å²) in [5, 5.41) is 2.77. The first-order valence-electron chi connectivity index (χ1n) is 6.19. The van der Waals surface area contributed by atoms with Crippen molar-refractivity contribution in [1.29, 1.82) is 0 Å². The Bertz CT molecular complexity index is 526. The molecule has 0 aromatic carbocycles. The summed E-state index contributed by atoms with van der Waals surface area (Å²) in [7, 11) is -3.31. The fourth-order valence-electron chi connectivity index (χ4n) is 2.24. The fourth-order valence-corrected chi connectivity index (χ4v) is 3.37. The number of nitrogens with one attached hydrogen (secondary N) is 1. The number of nitrogens with zero attached hydrogens (tertiary/aromatic N) is 3. The van der Waals surface area contributed by atoms with Gasteiger partial charge in [0.05, 0.1) is 12.6 Å². The van der Waals surface area contributed by atoms with Crippen LogP contribution in [0.5, 0.6) is 0 Å². The average molecular weight is 286 g/mol. The molecule has 1 aliphatic rings. The second kappa shape index (κ2) is 5.70. The summed E-state index contributed by atoms with van der Waals surface area (Å²) in [4.78, 5) is 15.9. The van der Waals surface area contributed by atoms with Crippen LogP contribution in [0.15, 0.2) is 18.7 Å².